The average Bonchev–Trinajstić information content (AvgIpc) is 3.25. The molecule has 0 amide bonds. The quantitative estimate of drug-likeness (QED) is 0.114. The van der Waals surface area contributed by atoms with E-state index in [2.05, 4.69) is 34.6 Å². The molecule has 46 heavy (non-hydrogen) atoms. The number of rotatable bonds is 18. The van der Waals surface area contributed by atoms with Crippen LogP contribution < -0.4 is 9.26 Å². The summed E-state index contributed by atoms with van der Waals surface area (Å²) in [7, 11) is -4.91. The van der Waals surface area contributed by atoms with Crippen molar-refractivity contribution in [2.45, 2.75) is 144 Å². The summed E-state index contributed by atoms with van der Waals surface area (Å²) in [6, 6.07) is 0. The minimum atomic E-state index is -4.91. The van der Waals surface area contributed by atoms with E-state index in [1.54, 1.807) is 6.92 Å². The Balaban J connectivity index is 1.59. The Kier molecular flexibility index (Phi) is 13.7. The number of carbonyl (C=O) groups is 1. The minimum Gasteiger partial charge on any atom is -0.508 e. The fourth-order valence-corrected chi connectivity index (χ4v) is 7.86. The molecule has 1 aliphatic heterocycles. The Morgan fingerprint density at radius 1 is 0.935 bits per heavy atom. The highest BCUT2D eigenvalue weighted by atomic mass is 31.2. The standard InChI is InChI=1S/C36H59O9P/c1-22(2)12-9-13-23(3)14-10-15-24(4)16-11-18-36(8)19-17-28-27(7)33(25(5)26(6)34(28)43-36)44-46(41,42)45-35-30(38)20-29(32(35)40)31(39)21-37/h22-24,29,31,37,39-40H,9-21H2,1-8H3,(H,41,42). The molecule has 1 aliphatic carbocycles. The summed E-state index contributed by atoms with van der Waals surface area (Å²) in [6.45, 7) is 16.3. The van der Waals surface area contributed by atoms with E-state index in [4.69, 9.17) is 13.8 Å². The SMILES string of the molecule is Cc1c(C)c2c(c(C)c1OP(=O)(O)OC1=C(O)C(C(O)CO)CC1=O)CCC(C)(CCCC(C)CCCC(C)CCCC(C)C)O2. The van der Waals surface area contributed by atoms with Crippen molar-refractivity contribution in [2.24, 2.45) is 23.7 Å². The molecule has 6 atom stereocenters. The van der Waals surface area contributed by atoms with Crippen molar-refractivity contribution < 1.29 is 43.4 Å². The van der Waals surface area contributed by atoms with Gasteiger partial charge in [-0.05, 0) is 87.8 Å². The van der Waals surface area contributed by atoms with Gasteiger partial charge in [-0.25, -0.2) is 4.57 Å². The number of phosphoric acid groups is 1. The number of fused-ring (bicyclic) bond motifs is 1. The maximum absolute atomic E-state index is 13.1. The molecule has 1 aromatic rings. The van der Waals surface area contributed by atoms with E-state index >= 15 is 0 Å². The van der Waals surface area contributed by atoms with Gasteiger partial charge in [-0.15, -0.1) is 0 Å². The number of carbonyl (C=O) groups excluding carboxylic acids is 1. The Labute approximate surface area is 276 Å². The van der Waals surface area contributed by atoms with Crippen LogP contribution in [0.15, 0.2) is 11.5 Å². The Morgan fingerprint density at radius 3 is 2.11 bits per heavy atom. The van der Waals surface area contributed by atoms with E-state index in [0.29, 0.717) is 17.0 Å². The molecule has 9 nitrogen and oxygen atoms in total. The molecule has 6 unspecified atom stereocenters. The van der Waals surface area contributed by atoms with Crippen molar-refractivity contribution in [3.63, 3.8) is 0 Å². The molecule has 1 aromatic carbocycles. The predicted molar refractivity (Wildman–Crippen MR) is 180 cm³/mol. The normalized spacial score (nSPS) is 23.1. The number of aliphatic hydroxyl groups excluding tert-OH is 3. The molecule has 0 saturated heterocycles. The highest BCUT2D eigenvalue weighted by Crippen LogP contribution is 2.53. The molecule has 0 fully saturated rings. The van der Waals surface area contributed by atoms with Gasteiger partial charge < -0.3 is 29.1 Å². The molecule has 0 saturated carbocycles. The summed E-state index contributed by atoms with van der Waals surface area (Å²) in [5.41, 5.74) is 2.70. The van der Waals surface area contributed by atoms with Gasteiger partial charge in [-0.2, -0.15) is 0 Å². The topological polar surface area (TPSA) is 143 Å². The summed E-state index contributed by atoms with van der Waals surface area (Å²) in [6.07, 6.45) is 10.9. The lowest BCUT2D eigenvalue weighted by Crippen LogP contribution is -2.37. The van der Waals surface area contributed by atoms with Crippen LogP contribution in [0.5, 0.6) is 11.5 Å². The lowest BCUT2D eigenvalue weighted by atomic mass is 9.84. The monoisotopic (exact) mass is 666 g/mol. The second-order valence-electron chi connectivity index (χ2n) is 14.8. The highest BCUT2D eigenvalue weighted by molar-refractivity contribution is 7.48. The number of allylic oxidation sites excluding steroid dienone is 1. The number of phosphoric ester groups is 1. The Hall–Kier alpha value is -2.06. The second-order valence-corrected chi connectivity index (χ2v) is 16.1. The summed E-state index contributed by atoms with van der Waals surface area (Å²) >= 11 is 0. The smallest absolute Gasteiger partial charge is 0.508 e. The van der Waals surface area contributed by atoms with Crippen molar-refractivity contribution in [3.8, 4) is 11.5 Å². The first-order valence-corrected chi connectivity index (χ1v) is 18.8. The van der Waals surface area contributed by atoms with E-state index in [1.165, 1.54) is 44.9 Å². The number of ether oxygens (including phenoxy) is 1. The van der Waals surface area contributed by atoms with E-state index in [1.807, 2.05) is 13.8 Å². The third kappa shape index (κ3) is 9.98. The largest absolute Gasteiger partial charge is 0.585 e. The minimum absolute atomic E-state index is 0.176. The number of benzene rings is 1. The van der Waals surface area contributed by atoms with Crippen LogP contribution in [0, 0.1) is 44.4 Å². The van der Waals surface area contributed by atoms with E-state index < -0.39 is 43.8 Å². The maximum Gasteiger partial charge on any atom is 0.585 e. The van der Waals surface area contributed by atoms with Crippen molar-refractivity contribution in [1.82, 2.24) is 0 Å². The third-order valence-electron chi connectivity index (χ3n) is 10.1. The zero-order valence-corrected chi connectivity index (χ0v) is 30.3. The summed E-state index contributed by atoms with van der Waals surface area (Å²) in [5, 5.41) is 29.4. The fourth-order valence-electron chi connectivity index (χ4n) is 6.89. The van der Waals surface area contributed by atoms with Crippen LogP contribution >= 0.6 is 7.82 Å². The average molecular weight is 667 g/mol. The van der Waals surface area contributed by atoms with Gasteiger partial charge in [-0.1, -0.05) is 72.6 Å². The van der Waals surface area contributed by atoms with Crippen LogP contribution in [0.2, 0.25) is 0 Å². The zero-order chi connectivity index (χ0) is 34.4. The van der Waals surface area contributed by atoms with E-state index in [-0.39, 0.29) is 17.8 Å². The zero-order valence-electron chi connectivity index (χ0n) is 29.4. The molecular weight excluding hydrogens is 607 g/mol. The summed E-state index contributed by atoms with van der Waals surface area (Å²) in [5.74, 6) is -0.0275. The number of aliphatic hydroxyl groups is 3. The lowest BCUT2D eigenvalue weighted by molar-refractivity contribution is -0.118. The Bertz CT molecular complexity index is 1290. The van der Waals surface area contributed by atoms with Gasteiger partial charge >= 0.3 is 7.82 Å². The highest BCUT2D eigenvalue weighted by Gasteiger charge is 2.43. The van der Waals surface area contributed by atoms with Gasteiger partial charge in [0.2, 0.25) is 11.5 Å². The molecule has 0 spiro atoms. The molecular formula is C36H59O9P. The van der Waals surface area contributed by atoms with Crippen LogP contribution in [0.1, 0.15) is 128 Å². The van der Waals surface area contributed by atoms with Crippen LogP contribution in [-0.4, -0.2) is 44.3 Å². The van der Waals surface area contributed by atoms with E-state index in [0.717, 1.165) is 54.4 Å². The van der Waals surface area contributed by atoms with Gasteiger partial charge in [0.1, 0.15) is 22.9 Å². The number of hydrogen-bond donors (Lipinski definition) is 4. The van der Waals surface area contributed by atoms with Gasteiger partial charge in [0.15, 0.2) is 0 Å². The van der Waals surface area contributed by atoms with E-state index in [9.17, 15) is 29.6 Å². The van der Waals surface area contributed by atoms with Crippen molar-refractivity contribution in [1.29, 1.82) is 0 Å². The molecule has 2 aliphatic rings. The van der Waals surface area contributed by atoms with Crippen molar-refractivity contribution >= 4 is 13.6 Å². The van der Waals surface area contributed by atoms with Crippen LogP contribution in [-0.2, 0) is 20.3 Å². The summed E-state index contributed by atoms with van der Waals surface area (Å²) < 4.78 is 30.3. The molecule has 262 valence electrons. The maximum atomic E-state index is 13.1. The lowest BCUT2D eigenvalue weighted by Gasteiger charge is -2.38. The van der Waals surface area contributed by atoms with Gasteiger partial charge in [0, 0.05) is 12.0 Å². The van der Waals surface area contributed by atoms with Crippen LogP contribution in [0.4, 0.5) is 0 Å². The first-order valence-electron chi connectivity index (χ1n) is 17.3. The predicted octanol–water partition coefficient (Wildman–Crippen LogP) is 8.34. The molecule has 0 aromatic heterocycles. The first kappa shape index (κ1) is 38.4. The van der Waals surface area contributed by atoms with Crippen LogP contribution in [0.25, 0.3) is 0 Å². The third-order valence-corrected chi connectivity index (χ3v) is 11.0. The fraction of sp³-hybridized carbons (Fsp3) is 0.750. The molecule has 3 rings (SSSR count). The van der Waals surface area contributed by atoms with Gasteiger partial charge in [0.25, 0.3) is 0 Å². The van der Waals surface area contributed by atoms with Gasteiger partial charge in [0.05, 0.1) is 18.6 Å². The van der Waals surface area contributed by atoms with Crippen molar-refractivity contribution in [2.75, 3.05) is 6.61 Å². The number of ketones is 1. The molecule has 0 radical (unpaired) electrons. The molecule has 10 heteroatoms. The second kappa shape index (κ2) is 16.4. The van der Waals surface area contributed by atoms with Crippen LogP contribution in [0.3, 0.4) is 0 Å². The van der Waals surface area contributed by atoms with Gasteiger partial charge in [-0.3, -0.25) is 9.69 Å². The number of hydrogen-bond acceptors (Lipinski definition) is 8. The molecule has 1 heterocycles. The molecule has 4 N–H and O–H groups in total. The first-order chi connectivity index (χ1) is 21.5. The Morgan fingerprint density at radius 2 is 1.52 bits per heavy atom. The molecule has 0 bridgehead atoms. The number of Topliss-reactive ketones (excluding diaryl/α,β-unsaturated/α-hetero) is 1. The van der Waals surface area contributed by atoms with Crippen molar-refractivity contribution in [3.05, 3.63) is 33.8 Å². The summed E-state index contributed by atoms with van der Waals surface area (Å²) in [4.78, 5) is 23.0.